The van der Waals surface area contributed by atoms with Crippen molar-refractivity contribution in [3.63, 3.8) is 0 Å². The van der Waals surface area contributed by atoms with Crippen molar-refractivity contribution in [1.82, 2.24) is 9.97 Å². The van der Waals surface area contributed by atoms with E-state index in [1.54, 1.807) is 17.8 Å². The van der Waals surface area contributed by atoms with Crippen molar-refractivity contribution in [2.75, 3.05) is 12.0 Å². The summed E-state index contributed by atoms with van der Waals surface area (Å²) in [7, 11) is 0. The van der Waals surface area contributed by atoms with Gasteiger partial charge in [-0.1, -0.05) is 18.2 Å². The monoisotopic (exact) mass is 285 g/mol. The third kappa shape index (κ3) is 2.20. The van der Waals surface area contributed by atoms with Crippen LogP contribution < -0.4 is 5.73 Å². The van der Waals surface area contributed by atoms with E-state index in [0.717, 1.165) is 10.5 Å². The Morgan fingerprint density at radius 3 is 2.70 bits per heavy atom. The molecule has 2 N–H and O–H groups in total. The smallest absolute Gasteiger partial charge is 0.163 e. The lowest BCUT2D eigenvalue weighted by Gasteiger charge is -2.08. The van der Waals surface area contributed by atoms with Crippen molar-refractivity contribution in [3.8, 4) is 11.4 Å². The second-order valence-corrected chi connectivity index (χ2v) is 5.14. The van der Waals surface area contributed by atoms with Crippen molar-refractivity contribution >= 4 is 28.5 Å². The van der Waals surface area contributed by atoms with Gasteiger partial charge in [-0.25, -0.2) is 14.4 Å². The van der Waals surface area contributed by atoms with Crippen molar-refractivity contribution in [3.05, 3.63) is 48.3 Å². The maximum atomic E-state index is 13.3. The summed E-state index contributed by atoms with van der Waals surface area (Å²) >= 11 is 1.61. The van der Waals surface area contributed by atoms with Crippen LogP contribution in [0.2, 0.25) is 0 Å². The lowest BCUT2D eigenvalue weighted by atomic mass is 10.2. The van der Waals surface area contributed by atoms with Crippen LogP contribution in [0.4, 0.5) is 10.2 Å². The molecule has 0 amide bonds. The van der Waals surface area contributed by atoms with E-state index >= 15 is 0 Å². The van der Waals surface area contributed by atoms with Crippen LogP contribution in [-0.2, 0) is 0 Å². The van der Waals surface area contributed by atoms with E-state index in [-0.39, 0.29) is 5.82 Å². The molecule has 100 valence electrons. The summed E-state index contributed by atoms with van der Waals surface area (Å²) in [6.07, 6.45) is 1.99. The van der Waals surface area contributed by atoms with Crippen LogP contribution in [0.25, 0.3) is 22.3 Å². The molecule has 0 fully saturated rings. The Hall–Kier alpha value is -2.14. The predicted octanol–water partition coefficient (Wildman–Crippen LogP) is 3.74. The molecule has 3 aromatic rings. The summed E-state index contributed by atoms with van der Waals surface area (Å²) in [4.78, 5) is 9.83. The van der Waals surface area contributed by atoms with Gasteiger partial charge in [-0.3, -0.25) is 0 Å². The first kappa shape index (κ1) is 12.9. The van der Waals surface area contributed by atoms with Gasteiger partial charge in [-0.2, -0.15) is 0 Å². The standard InChI is InChI=1S/C15H12FN3S/c1-20-13-5-3-2-4-11(13)15-18-12-8-9(16)6-7-10(12)14(17)19-15/h2-8H,1H3,(H2,17,18,19). The zero-order chi connectivity index (χ0) is 14.1. The minimum absolute atomic E-state index is 0.334. The highest BCUT2D eigenvalue weighted by molar-refractivity contribution is 7.98. The fourth-order valence-corrected chi connectivity index (χ4v) is 2.67. The first-order valence-corrected chi connectivity index (χ1v) is 7.27. The van der Waals surface area contributed by atoms with Gasteiger partial charge >= 0.3 is 0 Å². The Kier molecular flexibility index (Phi) is 3.28. The maximum Gasteiger partial charge on any atom is 0.163 e. The van der Waals surface area contributed by atoms with E-state index in [4.69, 9.17) is 5.73 Å². The summed E-state index contributed by atoms with van der Waals surface area (Å²) in [6.45, 7) is 0. The highest BCUT2D eigenvalue weighted by Crippen LogP contribution is 2.30. The number of rotatable bonds is 2. The Balaban J connectivity index is 2.26. The molecule has 0 saturated carbocycles. The lowest BCUT2D eigenvalue weighted by Crippen LogP contribution is -1.98. The average molecular weight is 285 g/mol. The lowest BCUT2D eigenvalue weighted by molar-refractivity contribution is 0.629. The molecule has 3 rings (SSSR count). The van der Waals surface area contributed by atoms with E-state index < -0.39 is 0 Å². The molecular weight excluding hydrogens is 273 g/mol. The summed E-state index contributed by atoms with van der Waals surface area (Å²) < 4.78 is 13.3. The molecule has 3 nitrogen and oxygen atoms in total. The molecule has 0 aliphatic rings. The number of thioether (sulfide) groups is 1. The number of anilines is 1. The maximum absolute atomic E-state index is 13.3. The number of nitrogens with two attached hydrogens (primary N) is 1. The SMILES string of the molecule is CSc1ccccc1-c1nc(N)c2ccc(F)cc2n1. The molecule has 20 heavy (non-hydrogen) atoms. The van der Waals surface area contributed by atoms with Crippen LogP contribution in [0.5, 0.6) is 0 Å². The molecule has 1 aromatic heterocycles. The molecule has 0 aliphatic carbocycles. The molecule has 0 aliphatic heterocycles. The van der Waals surface area contributed by atoms with Crippen LogP contribution in [-0.4, -0.2) is 16.2 Å². The molecule has 0 unspecified atom stereocenters. The van der Waals surface area contributed by atoms with Crippen molar-refractivity contribution in [2.24, 2.45) is 0 Å². The van der Waals surface area contributed by atoms with Gasteiger partial charge in [0.15, 0.2) is 5.82 Å². The molecule has 0 spiro atoms. The zero-order valence-electron chi connectivity index (χ0n) is 10.8. The largest absolute Gasteiger partial charge is 0.383 e. The van der Waals surface area contributed by atoms with Crippen LogP contribution in [0.3, 0.4) is 0 Å². The van der Waals surface area contributed by atoms with E-state index in [1.807, 2.05) is 30.5 Å². The summed E-state index contributed by atoms with van der Waals surface area (Å²) in [5, 5.41) is 0.664. The van der Waals surface area contributed by atoms with Crippen molar-refractivity contribution < 1.29 is 4.39 Å². The predicted molar refractivity (Wildman–Crippen MR) is 81.1 cm³/mol. The van der Waals surface area contributed by atoms with Gasteiger partial charge in [0.1, 0.15) is 11.6 Å². The first-order chi connectivity index (χ1) is 9.69. The van der Waals surface area contributed by atoms with E-state index in [0.29, 0.717) is 22.5 Å². The molecule has 5 heteroatoms. The molecule has 0 atom stereocenters. The van der Waals surface area contributed by atoms with Crippen molar-refractivity contribution in [1.29, 1.82) is 0 Å². The van der Waals surface area contributed by atoms with E-state index in [1.165, 1.54) is 12.1 Å². The Labute approximate surface area is 120 Å². The third-order valence-electron chi connectivity index (χ3n) is 3.04. The number of nitrogens with zero attached hydrogens (tertiary/aromatic N) is 2. The second-order valence-electron chi connectivity index (χ2n) is 4.29. The topological polar surface area (TPSA) is 51.8 Å². The quantitative estimate of drug-likeness (QED) is 0.729. The van der Waals surface area contributed by atoms with Gasteiger partial charge in [-0.05, 0) is 24.5 Å². The van der Waals surface area contributed by atoms with Crippen LogP contribution >= 0.6 is 11.8 Å². The van der Waals surface area contributed by atoms with Crippen molar-refractivity contribution in [2.45, 2.75) is 4.90 Å². The fraction of sp³-hybridized carbons (Fsp3) is 0.0667. The second kappa shape index (κ2) is 5.09. The first-order valence-electron chi connectivity index (χ1n) is 6.05. The van der Waals surface area contributed by atoms with E-state index in [9.17, 15) is 4.39 Å². The molecule has 0 radical (unpaired) electrons. The van der Waals surface area contributed by atoms with Crippen LogP contribution in [0.1, 0.15) is 0 Å². The Bertz CT molecular complexity index is 789. The number of halogens is 1. The molecular formula is C15H12FN3S. The van der Waals surface area contributed by atoms with E-state index in [2.05, 4.69) is 9.97 Å². The fourth-order valence-electron chi connectivity index (χ4n) is 2.08. The van der Waals surface area contributed by atoms with Gasteiger partial charge in [0, 0.05) is 21.9 Å². The van der Waals surface area contributed by atoms with Crippen LogP contribution in [0, 0.1) is 5.82 Å². The minimum atomic E-state index is -0.334. The zero-order valence-corrected chi connectivity index (χ0v) is 11.6. The Morgan fingerprint density at radius 2 is 1.90 bits per heavy atom. The number of hydrogen-bond acceptors (Lipinski definition) is 4. The Morgan fingerprint density at radius 1 is 1.10 bits per heavy atom. The number of hydrogen-bond donors (Lipinski definition) is 1. The number of aromatic nitrogens is 2. The van der Waals surface area contributed by atoms with Gasteiger partial charge in [0.25, 0.3) is 0 Å². The number of benzene rings is 2. The molecule has 1 heterocycles. The molecule has 0 saturated heterocycles. The van der Waals surface area contributed by atoms with Gasteiger partial charge in [0.05, 0.1) is 5.52 Å². The van der Waals surface area contributed by atoms with Gasteiger partial charge in [0.2, 0.25) is 0 Å². The summed E-state index contributed by atoms with van der Waals surface area (Å²) in [6, 6.07) is 12.1. The number of nitrogen functional groups attached to an aromatic ring is 1. The molecule has 0 bridgehead atoms. The normalized spacial score (nSPS) is 10.9. The summed E-state index contributed by atoms with van der Waals surface area (Å²) in [5.41, 5.74) is 7.37. The minimum Gasteiger partial charge on any atom is -0.383 e. The highest BCUT2D eigenvalue weighted by Gasteiger charge is 2.11. The molecule has 2 aromatic carbocycles. The third-order valence-corrected chi connectivity index (χ3v) is 3.83. The summed E-state index contributed by atoms with van der Waals surface area (Å²) in [5.74, 6) is 0.547. The number of fused-ring (bicyclic) bond motifs is 1. The highest BCUT2D eigenvalue weighted by atomic mass is 32.2. The van der Waals surface area contributed by atoms with Crippen LogP contribution in [0.15, 0.2) is 47.4 Å². The van der Waals surface area contributed by atoms with Gasteiger partial charge < -0.3 is 5.73 Å². The van der Waals surface area contributed by atoms with Gasteiger partial charge in [-0.15, -0.1) is 11.8 Å². The average Bonchev–Trinajstić information content (AvgIpc) is 2.46.